The van der Waals surface area contributed by atoms with Gasteiger partial charge in [-0.15, -0.1) is 0 Å². The van der Waals surface area contributed by atoms with E-state index in [1.165, 1.54) is 0 Å². The van der Waals surface area contributed by atoms with Crippen LogP contribution in [0.2, 0.25) is 0 Å². The molecule has 4 rings (SSSR count). The van der Waals surface area contributed by atoms with Crippen LogP contribution in [0, 0.1) is 49.7 Å². The topological polar surface area (TPSA) is 116 Å². The fourth-order valence-electron chi connectivity index (χ4n) is 8.45. The predicted octanol–water partition coefficient (Wildman–Crippen LogP) is 4.78. The summed E-state index contributed by atoms with van der Waals surface area (Å²) in [6, 6.07) is 0. The molecule has 6 atom stereocenters. The van der Waals surface area contributed by atoms with Crippen molar-refractivity contribution in [2.75, 3.05) is 6.54 Å². The van der Waals surface area contributed by atoms with Crippen LogP contribution in [0.1, 0.15) is 82.1 Å². The number of ether oxygens (including phenoxy) is 1. The number of hydrogen-bond donors (Lipinski definition) is 3. The maximum atomic E-state index is 13.5. The molecule has 0 spiro atoms. The summed E-state index contributed by atoms with van der Waals surface area (Å²) >= 11 is 0. The van der Waals surface area contributed by atoms with Gasteiger partial charge in [0, 0.05) is 0 Å². The van der Waals surface area contributed by atoms with Gasteiger partial charge in [0.05, 0.1) is 17.4 Å². The minimum Gasteiger partial charge on any atom is -0.454 e. The average Bonchev–Trinajstić information content (AvgIpc) is 3.33. The molecule has 7 heteroatoms. The van der Waals surface area contributed by atoms with E-state index in [0.717, 1.165) is 6.42 Å². The first-order chi connectivity index (χ1) is 16.8. The summed E-state index contributed by atoms with van der Waals surface area (Å²) in [5, 5.41) is 39.0. The van der Waals surface area contributed by atoms with Gasteiger partial charge in [-0.05, 0) is 64.4 Å². The van der Waals surface area contributed by atoms with Crippen LogP contribution in [0.4, 0.5) is 0 Å². The number of nitroso groups, excluding NO2 is 1. The molecule has 0 aliphatic heterocycles. The molecule has 0 aromatic heterocycles. The smallest absolute Gasteiger partial charge is 0.310 e. The standard InChI is InChI=1S/C30H47NO6/c1-16-14-29(17(2)13-19-25(3,4)26(19,5)6)20(32)12-11-18(15-31-36)22(33)30(29,35)23(16)37-24(34)21-27(7,8)28(21,9)10/h11,14,17,19-23,32-33,35H,12-13,15H2,1-10H3/t17-,20?,22?,23?,29+,30?/m1/s1. The number of hydrogen-bond acceptors (Lipinski definition) is 7. The molecule has 0 aromatic rings. The van der Waals surface area contributed by atoms with Crippen molar-refractivity contribution in [3.8, 4) is 0 Å². The lowest BCUT2D eigenvalue weighted by molar-refractivity contribution is -0.222. The van der Waals surface area contributed by atoms with Crippen LogP contribution in [-0.4, -0.2) is 51.7 Å². The van der Waals surface area contributed by atoms with Crippen LogP contribution >= 0.6 is 0 Å². The van der Waals surface area contributed by atoms with E-state index in [9.17, 15) is 25.0 Å². The lowest BCUT2D eigenvalue weighted by Crippen LogP contribution is -2.66. The summed E-state index contributed by atoms with van der Waals surface area (Å²) < 4.78 is 6.11. The van der Waals surface area contributed by atoms with Gasteiger partial charge in [0.1, 0.15) is 18.2 Å². The van der Waals surface area contributed by atoms with E-state index in [0.29, 0.717) is 11.5 Å². The molecular weight excluding hydrogens is 470 g/mol. The quantitative estimate of drug-likeness (QED) is 0.254. The van der Waals surface area contributed by atoms with Gasteiger partial charge in [-0.1, -0.05) is 79.6 Å². The molecule has 4 aliphatic carbocycles. The third-order valence-electron chi connectivity index (χ3n) is 12.4. The summed E-state index contributed by atoms with van der Waals surface area (Å²) in [4.78, 5) is 24.7. The second kappa shape index (κ2) is 8.22. The molecular formula is C30H47NO6. The van der Waals surface area contributed by atoms with Crippen molar-refractivity contribution in [1.82, 2.24) is 0 Å². The molecule has 4 unspecified atom stereocenters. The van der Waals surface area contributed by atoms with E-state index in [2.05, 4.69) is 32.9 Å². The largest absolute Gasteiger partial charge is 0.454 e. The van der Waals surface area contributed by atoms with Gasteiger partial charge in [0.25, 0.3) is 0 Å². The van der Waals surface area contributed by atoms with Crippen LogP contribution in [-0.2, 0) is 9.53 Å². The number of esters is 1. The molecule has 0 aromatic carbocycles. The molecule has 0 amide bonds. The van der Waals surface area contributed by atoms with E-state index in [1.807, 2.05) is 40.7 Å². The molecule has 0 bridgehead atoms. The van der Waals surface area contributed by atoms with Crippen LogP contribution in [0.25, 0.3) is 0 Å². The highest BCUT2D eigenvalue weighted by Crippen LogP contribution is 2.72. The first-order valence-corrected chi connectivity index (χ1v) is 13.7. The zero-order chi connectivity index (χ0) is 28.1. The van der Waals surface area contributed by atoms with Gasteiger partial charge in [0.2, 0.25) is 0 Å². The molecule has 0 saturated heterocycles. The fourth-order valence-corrected chi connectivity index (χ4v) is 8.45. The highest BCUT2D eigenvalue weighted by molar-refractivity contribution is 5.79. The Morgan fingerprint density at radius 2 is 1.59 bits per heavy atom. The molecule has 208 valence electrons. The highest BCUT2D eigenvalue weighted by Gasteiger charge is 2.74. The Hall–Kier alpha value is -1.57. The Labute approximate surface area is 221 Å². The molecule has 4 aliphatic rings. The number of rotatable bonds is 7. The number of fused-ring (bicyclic) bond motifs is 1. The van der Waals surface area contributed by atoms with Gasteiger partial charge in [-0.3, -0.25) is 4.79 Å². The average molecular weight is 518 g/mol. The van der Waals surface area contributed by atoms with Crippen molar-refractivity contribution in [3.05, 3.63) is 28.2 Å². The summed E-state index contributed by atoms with van der Waals surface area (Å²) in [6.07, 6.45) is 0.592. The van der Waals surface area contributed by atoms with Gasteiger partial charge < -0.3 is 20.1 Å². The Kier molecular flexibility index (Phi) is 6.32. The molecule has 2 fully saturated rings. The summed E-state index contributed by atoms with van der Waals surface area (Å²) in [7, 11) is 0. The number of carbonyl (C=O) groups is 1. The summed E-state index contributed by atoms with van der Waals surface area (Å²) in [5.41, 5.74) is -2.81. The van der Waals surface area contributed by atoms with Gasteiger partial charge in [-0.2, -0.15) is 4.91 Å². The van der Waals surface area contributed by atoms with Gasteiger partial charge in [0.15, 0.2) is 6.10 Å². The lowest BCUT2D eigenvalue weighted by Gasteiger charge is -2.51. The second-order valence-corrected chi connectivity index (χ2v) is 14.7. The Bertz CT molecular complexity index is 1030. The van der Waals surface area contributed by atoms with E-state index >= 15 is 0 Å². The zero-order valence-electron chi connectivity index (χ0n) is 24.3. The number of carbonyl (C=O) groups excluding carboxylic acids is 1. The highest BCUT2D eigenvalue weighted by atomic mass is 16.6. The van der Waals surface area contributed by atoms with Crippen molar-refractivity contribution in [2.24, 2.45) is 50.0 Å². The van der Waals surface area contributed by atoms with Crippen LogP contribution in [0.3, 0.4) is 0 Å². The van der Waals surface area contributed by atoms with E-state index < -0.39 is 35.3 Å². The summed E-state index contributed by atoms with van der Waals surface area (Å²) in [6.45, 7) is 20.5. The molecule has 37 heavy (non-hydrogen) atoms. The van der Waals surface area contributed by atoms with Crippen molar-refractivity contribution < 1.29 is 24.9 Å². The van der Waals surface area contributed by atoms with Crippen molar-refractivity contribution in [2.45, 2.75) is 106 Å². The number of aliphatic hydroxyl groups excluding tert-OH is 2. The minimum absolute atomic E-state index is 0.0987. The third-order valence-corrected chi connectivity index (χ3v) is 12.4. The lowest BCUT2D eigenvalue weighted by atomic mass is 9.58. The molecule has 0 radical (unpaired) electrons. The first-order valence-electron chi connectivity index (χ1n) is 13.7. The molecule has 3 N–H and O–H groups in total. The Morgan fingerprint density at radius 3 is 2.05 bits per heavy atom. The van der Waals surface area contributed by atoms with E-state index in [4.69, 9.17) is 4.74 Å². The second-order valence-electron chi connectivity index (χ2n) is 14.7. The zero-order valence-corrected chi connectivity index (χ0v) is 24.3. The Balaban J connectivity index is 1.77. The Morgan fingerprint density at radius 1 is 1.05 bits per heavy atom. The first kappa shape index (κ1) is 28.4. The monoisotopic (exact) mass is 517 g/mol. The number of nitrogens with zero attached hydrogens (tertiary/aromatic N) is 1. The normalized spacial score (nSPS) is 40.1. The van der Waals surface area contributed by atoms with Gasteiger partial charge in [-0.25, -0.2) is 0 Å². The van der Waals surface area contributed by atoms with Crippen LogP contribution < -0.4 is 0 Å². The maximum Gasteiger partial charge on any atom is 0.310 e. The van der Waals surface area contributed by atoms with Crippen molar-refractivity contribution in [3.63, 3.8) is 0 Å². The predicted molar refractivity (Wildman–Crippen MR) is 142 cm³/mol. The molecule has 7 nitrogen and oxygen atoms in total. The summed E-state index contributed by atoms with van der Waals surface area (Å²) in [5.74, 6) is -0.665. The van der Waals surface area contributed by atoms with Crippen LogP contribution in [0.15, 0.2) is 28.5 Å². The van der Waals surface area contributed by atoms with Crippen LogP contribution in [0.5, 0.6) is 0 Å². The SMILES string of the molecule is CC1=C[C@]2([C@H](C)CC3C(C)(C)C3(C)C)C(O)CC=C(CN=O)C(O)C2(O)C1OC(=O)C1C(C)(C)C1(C)C. The van der Waals surface area contributed by atoms with E-state index in [-0.39, 0.29) is 52.0 Å². The van der Waals surface area contributed by atoms with Gasteiger partial charge >= 0.3 is 5.97 Å². The molecule has 0 heterocycles. The maximum absolute atomic E-state index is 13.5. The van der Waals surface area contributed by atoms with Crippen molar-refractivity contribution >= 4 is 5.97 Å². The third kappa shape index (κ3) is 3.45. The number of aliphatic hydroxyl groups is 3. The fraction of sp³-hybridized carbons (Fsp3) is 0.833. The van der Waals surface area contributed by atoms with Crippen molar-refractivity contribution in [1.29, 1.82) is 0 Å². The minimum atomic E-state index is -2.05. The van der Waals surface area contributed by atoms with E-state index in [1.54, 1.807) is 13.0 Å². The molecule has 2 saturated carbocycles.